The number of carbonyl (C=O) groups is 1. The molecule has 0 bridgehead atoms. The first-order valence-electron chi connectivity index (χ1n) is 6.31. The molecule has 1 saturated heterocycles. The maximum absolute atomic E-state index is 12.3. The number of nitrogens with zero attached hydrogens (tertiary/aromatic N) is 5. The van der Waals surface area contributed by atoms with Crippen LogP contribution in [-0.4, -0.2) is 43.1 Å². The van der Waals surface area contributed by atoms with Crippen molar-refractivity contribution >= 4 is 17.1 Å². The Bertz CT molecular complexity index is 828. The van der Waals surface area contributed by atoms with Crippen LogP contribution in [0, 0.1) is 0 Å². The van der Waals surface area contributed by atoms with Gasteiger partial charge in [-0.25, -0.2) is 9.78 Å². The van der Waals surface area contributed by atoms with Crippen molar-refractivity contribution in [3.05, 3.63) is 27.2 Å². The van der Waals surface area contributed by atoms with Crippen LogP contribution in [0.3, 0.4) is 0 Å². The van der Waals surface area contributed by atoms with E-state index >= 15 is 0 Å². The highest BCUT2D eigenvalue weighted by Gasteiger charge is 2.32. The molecule has 0 saturated carbocycles. The second-order valence-corrected chi connectivity index (χ2v) is 5.09. The van der Waals surface area contributed by atoms with Gasteiger partial charge in [0.2, 0.25) is 5.91 Å². The van der Waals surface area contributed by atoms with Crippen molar-refractivity contribution in [3.63, 3.8) is 0 Å². The largest absolute Gasteiger partial charge is 0.344 e. The molecule has 1 fully saturated rings. The molecule has 0 aromatic carbocycles. The first kappa shape index (κ1) is 12.6. The van der Waals surface area contributed by atoms with E-state index in [0.29, 0.717) is 24.1 Å². The van der Waals surface area contributed by atoms with Crippen LogP contribution in [0.2, 0.25) is 0 Å². The first-order valence-corrected chi connectivity index (χ1v) is 6.31. The minimum absolute atomic E-state index is 0.0415. The number of amides is 1. The number of likely N-dealkylation sites (N-methyl/N-ethyl adjacent to an activating group) is 1. The summed E-state index contributed by atoms with van der Waals surface area (Å²) in [5, 5.41) is 0. The van der Waals surface area contributed by atoms with E-state index in [4.69, 9.17) is 0 Å². The zero-order chi connectivity index (χ0) is 14.6. The number of carbonyl (C=O) groups excluding carboxylic acids is 1. The molecule has 8 nitrogen and oxygen atoms in total. The lowest BCUT2D eigenvalue weighted by Crippen LogP contribution is -2.38. The third-order valence-electron chi connectivity index (χ3n) is 3.91. The fourth-order valence-corrected chi connectivity index (χ4v) is 2.66. The molecule has 0 spiro atoms. The molecule has 1 aliphatic heterocycles. The molecular weight excluding hydrogens is 262 g/mol. The predicted octanol–water partition coefficient (Wildman–Crippen LogP) is -1.16. The molecular formula is C12H15N5O3. The van der Waals surface area contributed by atoms with Crippen molar-refractivity contribution in [1.82, 2.24) is 23.6 Å². The summed E-state index contributed by atoms with van der Waals surface area (Å²) in [6.07, 6.45) is 2.10. The molecule has 0 radical (unpaired) electrons. The lowest BCUT2D eigenvalue weighted by Gasteiger charge is -2.12. The molecule has 20 heavy (non-hydrogen) atoms. The zero-order valence-electron chi connectivity index (χ0n) is 11.5. The summed E-state index contributed by atoms with van der Waals surface area (Å²) in [5.41, 5.74) is -0.255. The Hall–Kier alpha value is -2.38. The van der Waals surface area contributed by atoms with Crippen molar-refractivity contribution in [2.24, 2.45) is 14.1 Å². The molecule has 1 amide bonds. The van der Waals surface area contributed by atoms with Crippen LogP contribution in [0.15, 0.2) is 15.9 Å². The van der Waals surface area contributed by atoms with E-state index in [9.17, 15) is 14.4 Å². The fraction of sp³-hybridized carbons (Fsp3) is 0.500. The summed E-state index contributed by atoms with van der Waals surface area (Å²) in [6, 6.07) is -0.421. The monoisotopic (exact) mass is 277 g/mol. The Kier molecular flexibility index (Phi) is 2.56. The summed E-state index contributed by atoms with van der Waals surface area (Å²) < 4.78 is 3.93. The van der Waals surface area contributed by atoms with E-state index < -0.39 is 17.3 Å². The van der Waals surface area contributed by atoms with E-state index in [0.717, 1.165) is 4.57 Å². The van der Waals surface area contributed by atoms with Gasteiger partial charge in [0, 0.05) is 27.7 Å². The molecule has 0 unspecified atom stereocenters. The number of aromatic nitrogens is 4. The lowest BCUT2D eigenvalue weighted by molar-refractivity contribution is -0.129. The van der Waals surface area contributed by atoms with Gasteiger partial charge >= 0.3 is 5.69 Å². The summed E-state index contributed by atoms with van der Waals surface area (Å²) >= 11 is 0. The molecule has 0 N–H and O–H groups in total. The van der Waals surface area contributed by atoms with Gasteiger partial charge in [0.05, 0.1) is 6.33 Å². The van der Waals surface area contributed by atoms with Crippen LogP contribution >= 0.6 is 0 Å². The number of hydrogen-bond acceptors (Lipinski definition) is 4. The van der Waals surface area contributed by atoms with E-state index in [-0.39, 0.29) is 5.91 Å². The van der Waals surface area contributed by atoms with Gasteiger partial charge in [-0.3, -0.25) is 18.7 Å². The van der Waals surface area contributed by atoms with Gasteiger partial charge < -0.3 is 9.47 Å². The SMILES string of the molecule is CN1CC[C@H](n2cnc3c2c(=O)n(C)c(=O)n3C)C1=O. The van der Waals surface area contributed by atoms with Crippen LogP contribution < -0.4 is 11.2 Å². The van der Waals surface area contributed by atoms with E-state index in [1.165, 1.54) is 17.9 Å². The number of fused-ring (bicyclic) bond motifs is 1. The average molecular weight is 277 g/mol. The molecule has 2 aromatic heterocycles. The van der Waals surface area contributed by atoms with Crippen LogP contribution in [0.1, 0.15) is 12.5 Å². The molecule has 3 rings (SSSR count). The Balaban J connectivity index is 2.33. The van der Waals surface area contributed by atoms with Crippen LogP contribution in [-0.2, 0) is 18.9 Å². The smallest absolute Gasteiger partial charge is 0.332 e. The van der Waals surface area contributed by atoms with Gasteiger partial charge in [-0.1, -0.05) is 0 Å². The highest BCUT2D eigenvalue weighted by molar-refractivity contribution is 5.84. The Labute approximate surface area is 113 Å². The van der Waals surface area contributed by atoms with Crippen molar-refractivity contribution in [1.29, 1.82) is 0 Å². The highest BCUT2D eigenvalue weighted by Crippen LogP contribution is 2.24. The number of aryl methyl sites for hydroxylation is 1. The standard InChI is InChI=1S/C12H15N5O3/c1-14-5-4-7(10(14)18)17-6-13-9-8(17)11(19)16(3)12(20)15(9)2/h6-7H,4-5H2,1-3H3/t7-/m0/s1. The fourth-order valence-electron chi connectivity index (χ4n) is 2.66. The molecule has 2 aromatic rings. The Morgan fingerprint density at radius 1 is 1.15 bits per heavy atom. The van der Waals surface area contributed by atoms with Crippen molar-refractivity contribution in [3.8, 4) is 0 Å². The molecule has 3 heterocycles. The maximum Gasteiger partial charge on any atom is 0.332 e. The lowest BCUT2D eigenvalue weighted by atomic mass is 10.2. The third kappa shape index (κ3) is 1.47. The van der Waals surface area contributed by atoms with Crippen molar-refractivity contribution in [2.45, 2.75) is 12.5 Å². The second kappa shape index (κ2) is 4.06. The Morgan fingerprint density at radius 3 is 2.45 bits per heavy atom. The van der Waals surface area contributed by atoms with Crippen LogP contribution in [0.5, 0.6) is 0 Å². The summed E-state index contributed by atoms with van der Waals surface area (Å²) in [4.78, 5) is 42.0. The quantitative estimate of drug-likeness (QED) is 0.658. The van der Waals surface area contributed by atoms with Gasteiger partial charge in [0.1, 0.15) is 6.04 Å². The molecule has 8 heteroatoms. The summed E-state index contributed by atoms with van der Waals surface area (Å²) in [5.74, 6) is -0.0415. The maximum atomic E-state index is 12.3. The number of hydrogen-bond donors (Lipinski definition) is 0. The van der Waals surface area contributed by atoms with Crippen molar-refractivity contribution in [2.75, 3.05) is 13.6 Å². The normalized spacial score (nSPS) is 19.2. The van der Waals surface area contributed by atoms with Crippen LogP contribution in [0.4, 0.5) is 0 Å². The van der Waals surface area contributed by atoms with Gasteiger partial charge in [-0.2, -0.15) is 0 Å². The van der Waals surface area contributed by atoms with Gasteiger partial charge in [0.25, 0.3) is 5.56 Å². The van der Waals surface area contributed by atoms with Gasteiger partial charge in [-0.05, 0) is 6.42 Å². The van der Waals surface area contributed by atoms with E-state index in [1.807, 2.05) is 0 Å². The summed E-state index contributed by atoms with van der Waals surface area (Å²) in [6.45, 7) is 0.648. The highest BCUT2D eigenvalue weighted by atomic mass is 16.2. The number of likely N-dealkylation sites (tertiary alicyclic amines) is 1. The predicted molar refractivity (Wildman–Crippen MR) is 71.5 cm³/mol. The molecule has 106 valence electrons. The van der Waals surface area contributed by atoms with E-state index in [1.54, 1.807) is 23.6 Å². The topological polar surface area (TPSA) is 82.1 Å². The third-order valence-corrected chi connectivity index (χ3v) is 3.91. The van der Waals surface area contributed by atoms with Crippen LogP contribution in [0.25, 0.3) is 11.2 Å². The van der Waals surface area contributed by atoms with E-state index in [2.05, 4.69) is 4.98 Å². The summed E-state index contributed by atoms with van der Waals surface area (Å²) in [7, 11) is 4.71. The zero-order valence-corrected chi connectivity index (χ0v) is 11.5. The number of rotatable bonds is 1. The minimum Gasteiger partial charge on any atom is -0.344 e. The molecule has 1 aliphatic rings. The second-order valence-electron chi connectivity index (χ2n) is 5.09. The average Bonchev–Trinajstić information content (AvgIpc) is 2.99. The number of imidazole rings is 1. The first-order chi connectivity index (χ1) is 9.43. The molecule has 0 aliphatic carbocycles. The van der Waals surface area contributed by atoms with Crippen molar-refractivity contribution < 1.29 is 4.79 Å². The van der Waals surface area contributed by atoms with Gasteiger partial charge in [-0.15, -0.1) is 0 Å². The van der Waals surface area contributed by atoms with Gasteiger partial charge in [0.15, 0.2) is 11.2 Å². The molecule has 1 atom stereocenters. The minimum atomic E-state index is -0.428. The Morgan fingerprint density at radius 2 is 1.85 bits per heavy atom.